The fourth-order valence-electron chi connectivity index (χ4n) is 2.66. The van der Waals surface area contributed by atoms with Gasteiger partial charge in [0.1, 0.15) is 0 Å². The fourth-order valence-corrected chi connectivity index (χ4v) is 3.14. The molecule has 2 heterocycles. The molecular formula is C14H14Cl2FN3. The van der Waals surface area contributed by atoms with Crippen LogP contribution in [0.1, 0.15) is 19.0 Å². The molecule has 0 aliphatic carbocycles. The number of halogens is 3. The van der Waals surface area contributed by atoms with E-state index in [1.165, 1.54) is 0 Å². The minimum absolute atomic E-state index is 0.00381. The molecule has 1 aromatic heterocycles. The molecule has 0 amide bonds. The summed E-state index contributed by atoms with van der Waals surface area (Å²) in [6, 6.07) is 3.14. The Labute approximate surface area is 126 Å². The summed E-state index contributed by atoms with van der Waals surface area (Å²) in [5.41, 5.74) is 1.80. The van der Waals surface area contributed by atoms with Crippen LogP contribution in [-0.4, -0.2) is 22.6 Å². The smallest absolute Gasteiger partial charge is 0.160 e. The lowest BCUT2D eigenvalue weighted by Gasteiger charge is -2.24. The lowest BCUT2D eigenvalue weighted by molar-refractivity contribution is 0.498. The van der Waals surface area contributed by atoms with Gasteiger partial charge in [0.15, 0.2) is 5.82 Å². The Morgan fingerprint density at radius 2 is 2.05 bits per heavy atom. The zero-order chi connectivity index (χ0) is 14.3. The number of hydrogen-bond acceptors (Lipinski definition) is 2. The van der Waals surface area contributed by atoms with E-state index in [2.05, 4.69) is 17.2 Å². The predicted octanol–water partition coefficient (Wildman–Crippen LogP) is 3.57. The van der Waals surface area contributed by atoms with Gasteiger partial charge >= 0.3 is 0 Å². The highest BCUT2D eigenvalue weighted by Gasteiger charge is 2.33. The first kappa shape index (κ1) is 13.9. The van der Waals surface area contributed by atoms with E-state index in [1.54, 1.807) is 18.5 Å². The summed E-state index contributed by atoms with van der Waals surface area (Å²) in [6.45, 7) is 4.06. The zero-order valence-electron chi connectivity index (χ0n) is 11.0. The highest BCUT2D eigenvalue weighted by molar-refractivity contribution is 6.35. The Balaban J connectivity index is 2.10. The average molecular weight is 314 g/mol. The van der Waals surface area contributed by atoms with Gasteiger partial charge in [-0.25, -0.2) is 9.37 Å². The maximum atomic E-state index is 13.5. The van der Waals surface area contributed by atoms with Crippen molar-refractivity contribution in [3.63, 3.8) is 0 Å². The van der Waals surface area contributed by atoms with E-state index < -0.39 is 5.82 Å². The molecule has 1 aliphatic heterocycles. The molecule has 1 saturated heterocycles. The van der Waals surface area contributed by atoms with E-state index in [4.69, 9.17) is 23.2 Å². The first-order valence-corrected chi connectivity index (χ1v) is 7.15. The number of hydrogen-bond donors (Lipinski definition) is 1. The van der Waals surface area contributed by atoms with Crippen LogP contribution in [0.15, 0.2) is 24.7 Å². The van der Waals surface area contributed by atoms with E-state index in [1.807, 2.05) is 10.8 Å². The lowest BCUT2D eigenvalue weighted by atomic mass is 9.86. The normalized spacial score (nSPS) is 22.4. The van der Waals surface area contributed by atoms with Crippen molar-refractivity contribution in [2.24, 2.45) is 0 Å². The van der Waals surface area contributed by atoms with Gasteiger partial charge in [-0.3, -0.25) is 0 Å². The molecule has 1 unspecified atom stereocenters. The number of imidazole rings is 1. The Bertz CT molecular complexity index is 625. The van der Waals surface area contributed by atoms with Crippen LogP contribution in [0.5, 0.6) is 0 Å². The molecule has 2 aromatic rings. The van der Waals surface area contributed by atoms with Crippen LogP contribution in [0.3, 0.4) is 0 Å². The van der Waals surface area contributed by atoms with Crippen molar-refractivity contribution >= 4 is 23.2 Å². The molecule has 0 saturated carbocycles. The zero-order valence-corrected chi connectivity index (χ0v) is 12.5. The van der Waals surface area contributed by atoms with Gasteiger partial charge in [-0.1, -0.05) is 30.1 Å². The molecule has 1 fully saturated rings. The van der Waals surface area contributed by atoms with Gasteiger partial charge < -0.3 is 9.88 Å². The van der Waals surface area contributed by atoms with Crippen molar-refractivity contribution in [3.05, 3.63) is 46.2 Å². The summed E-state index contributed by atoms with van der Waals surface area (Å²) in [6.07, 6.45) is 4.58. The average Bonchev–Trinajstić information content (AvgIpc) is 3.04. The summed E-state index contributed by atoms with van der Waals surface area (Å²) >= 11 is 11.8. The van der Waals surface area contributed by atoms with Crippen LogP contribution < -0.4 is 5.32 Å². The van der Waals surface area contributed by atoms with Crippen LogP contribution in [0.25, 0.3) is 5.69 Å². The third kappa shape index (κ3) is 2.22. The summed E-state index contributed by atoms with van der Waals surface area (Å²) in [5, 5.41) is 3.39. The summed E-state index contributed by atoms with van der Waals surface area (Å²) < 4.78 is 15.5. The quantitative estimate of drug-likeness (QED) is 0.859. The third-order valence-corrected chi connectivity index (χ3v) is 4.42. The third-order valence-electron chi connectivity index (χ3n) is 3.87. The molecule has 3 nitrogen and oxygen atoms in total. The molecule has 1 N–H and O–H groups in total. The van der Waals surface area contributed by atoms with Gasteiger partial charge in [-0.15, -0.1) is 0 Å². The van der Waals surface area contributed by atoms with Crippen molar-refractivity contribution in [2.45, 2.75) is 18.8 Å². The molecule has 0 radical (unpaired) electrons. The van der Waals surface area contributed by atoms with Crippen LogP contribution in [-0.2, 0) is 5.41 Å². The number of benzene rings is 1. The first-order chi connectivity index (χ1) is 9.51. The van der Waals surface area contributed by atoms with Gasteiger partial charge in [0.05, 0.1) is 16.4 Å². The number of nitrogens with zero attached hydrogens (tertiary/aromatic N) is 2. The van der Waals surface area contributed by atoms with Crippen LogP contribution in [0.2, 0.25) is 10.0 Å². The molecule has 3 rings (SSSR count). The lowest BCUT2D eigenvalue weighted by Crippen LogP contribution is -2.27. The van der Waals surface area contributed by atoms with Crippen molar-refractivity contribution < 1.29 is 4.39 Å². The first-order valence-electron chi connectivity index (χ1n) is 6.40. The largest absolute Gasteiger partial charge is 0.316 e. The Hall–Kier alpha value is -1.10. The topological polar surface area (TPSA) is 29.9 Å². The predicted molar refractivity (Wildman–Crippen MR) is 78.4 cm³/mol. The molecule has 1 atom stereocenters. The van der Waals surface area contributed by atoms with Crippen molar-refractivity contribution in [1.29, 1.82) is 0 Å². The van der Waals surface area contributed by atoms with Crippen LogP contribution in [0.4, 0.5) is 4.39 Å². The second-order valence-corrected chi connectivity index (χ2v) is 6.17. The second kappa shape index (κ2) is 5.02. The maximum absolute atomic E-state index is 13.5. The van der Waals surface area contributed by atoms with Crippen molar-refractivity contribution in [1.82, 2.24) is 14.9 Å². The SMILES string of the molecule is CC1(c2cncn2-c2cc(Cl)c(F)c(Cl)c2)CCNC1. The molecule has 1 aliphatic rings. The number of rotatable bonds is 2. The second-order valence-electron chi connectivity index (χ2n) is 5.36. The Morgan fingerprint density at radius 3 is 2.65 bits per heavy atom. The van der Waals surface area contributed by atoms with Crippen LogP contribution in [0, 0.1) is 5.82 Å². The molecule has 0 spiro atoms. The molecule has 20 heavy (non-hydrogen) atoms. The van der Waals surface area contributed by atoms with Gasteiger partial charge in [-0.05, 0) is 25.1 Å². The monoisotopic (exact) mass is 313 g/mol. The molecular weight excluding hydrogens is 300 g/mol. The summed E-state index contributed by atoms with van der Waals surface area (Å²) in [7, 11) is 0. The van der Waals surface area contributed by atoms with Crippen LogP contribution >= 0.6 is 23.2 Å². The number of nitrogens with one attached hydrogen (secondary N) is 1. The molecule has 1 aromatic carbocycles. The van der Waals surface area contributed by atoms with Gasteiger partial charge in [0, 0.05) is 29.5 Å². The van der Waals surface area contributed by atoms with E-state index in [9.17, 15) is 4.39 Å². The standard InChI is InChI=1S/C14H14Cl2FN3/c1-14(2-3-18-7-14)12-6-19-8-20(12)9-4-10(15)13(17)11(16)5-9/h4-6,8,18H,2-3,7H2,1H3. The van der Waals surface area contributed by atoms with Crippen molar-refractivity contribution in [3.8, 4) is 5.69 Å². The minimum atomic E-state index is -0.590. The fraction of sp³-hybridized carbons (Fsp3) is 0.357. The van der Waals surface area contributed by atoms with E-state index >= 15 is 0 Å². The van der Waals surface area contributed by atoms with Crippen molar-refractivity contribution in [2.75, 3.05) is 13.1 Å². The van der Waals surface area contributed by atoms with Gasteiger partial charge in [-0.2, -0.15) is 0 Å². The molecule has 0 bridgehead atoms. The van der Waals surface area contributed by atoms with Gasteiger partial charge in [0.2, 0.25) is 0 Å². The van der Waals surface area contributed by atoms with E-state index in [0.29, 0.717) is 0 Å². The minimum Gasteiger partial charge on any atom is -0.316 e. The molecule has 106 valence electrons. The highest BCUT2D eigenvalue weighted by atomic mass is 35.5. The maximum Gasteiger partial charge on any atom is 0.160 e. The highest BCUT2D eigenvalue weighted by Crippen LogP contribution is 2.33. The summed E-state index contributed by atoms with van der Waals surface area (Å²) in [5.74, 6) is -0.590. The van der Waals surface area contributed by atoms with E-state index in [0.717, 1.165) is 30.9 Å². The summed E-state index contributed by atoms with van der Waals surface area (Å²) in [4.78, 5) is 4.23. The van der Waals surface area contributed by atoms with Gasteiger partial charge in [0.25, 0.3) is 0 Å². The molecule has 6 heteroatoms. The Kier molecular flexibility index (Phi) is 3.48. The Morgan fingerprint density at radius 1 is 1.35 bits per heavy atom. The number of aromatic nitrogens is 2. The van der Waals surface area contributed by atoms with E-state index in [-0.39, 0.29) is 15.5 Å².